The molecule has 1 fully saturated rings. The number of carbonyl (C=O) groups is 1. The first-order valence-electron chi connectivity index (χ1n) is 6.79. The number of carbonyl (C=O) groups excluding carboxylic acids is 1. The van der Waals surface area contributed by atoms with Gasteiger partial charge in [-0.15, -0.1) is 11.1 Å². The Kier molecular flexibility index (Phi) is 4.45. The Hall–Kier alpha value is -0.710. The lowest BCUT2D eigenvalue weighted by atomic mass is 10.2. The van der Waals surface area contributed by atoms with Gasteiger partial charge in [-0.3, -0.25) is 4.79 Å². The van der Waals surface area contributed by atoms with Crippen LogP contribution in [0, 0.1) is 0 Å². The topological polar surface area (TPSA) is 72.9 Å². The van der Waals surface area contributed by atoms with Gasteiger partial charge in [0.15, 0.2) is 18.3 Å². The molecule has 0 radical (unpaired) electrons. The summed E-state index contributed by atoms with van der Waals surface area (Å²) in [5, 5.41) is 2.03. The van der Waals surface area contributed by atoms with Crippen LogP contribution in [0.4, 0.5) is 0 Å². The number of benzene rings is 1. The highest BCUT2D eigenvalue weighted by Gasteiger charge is 2.48. The molecule has 0 N–H and O–H groups in total. The van der Waals surface area contributed by atoms with Gasteiger partial charge in [0.1, 0.15) is 0 Å². The second-order valence-corrected chi connectivity index (χ2v) is 9.84. The van der Waals surface area contributed by atoms with E-state index in [4.69, 9.17) is 8.92 Å². The summed E-state index contributed by atoms with van der Waals surface area (Å²) in [5.41, 5.74) is -0.158. The van der Waals surface area contributed by atoms with Crippen molar-refractivity contribution in [1.82, 2.24) is 4.31 Å². The van der Waals surface area contributed by atoms with Gasteiger partial charge in [-0.05, 0) is 30.5 Å². The zero-order chi connectivity index (χ0) is 16.8. The summed E-state index contributed by atoms with van der Waals surface area (Å²) in [6, 6.07) is 5.89. The van der Waals surface area contributed by atoms with Crippen LogP contribution in [0.25, 0.3) is 6.08 Å². The number of halogens is 1. The Morgan fingerprint density at radius 1 is 1.52 bits per heavy atom. The van der Waals surface area contributed by atoms with E-state index in [1.165, 1.54) is 0 Å². The minimum atomic E-state index is -3.67. The van der Waals surface area contributed by atoms with Crippen LogP contribution in [0.2, 0.25) is 0 Å². The predicted molar refractivity (Wildman–Crippen MR) is 92.4 cm³/mol. The number of ether oxygens (including phenoxy) is 1. The maximum Gasteiger partial charge on any atom is 0.266 e. The molecule has 0 bridgehead atoms. The van der Waals surface area contributed by atoms with Gasteiger partial charge >= 0.3 is 0 Å². The molecule has 1 saturated heterocycles. The molecule has 1 aromatic rings. The summed E-state index contributed by atoms with van der Waals surface area (Å²) in [4.78, 5) is 12.7. The van der Waals surface area contributed by atoms with Crippen LogP contribution in [-0.2, 0) is 23.8 Å². The van der Waals surface area contributed by atoms with Crippen LogP contribution in [0.5, 0.6) is 0 Å². The zero-order valence-electron chi connectivity index (χ0n) is 12.5. The lowest BCUT2D eigenvalue weighted by Crippen LogP contribution is -2.41. The molecule has 2 aliphatic heterocycles. The minimum absolute atomic E-state index is 0.199. The van der Waals surface area contributed by atoms with E-state index in [0.717, 1.165) is 21.2 Å². The van der Waals surface area contributed by atoms with Crippen LogP contribution in [-0.4, -0.2) is 43.8 Å². The second kappa shape index (κ2) is 5.98. The molecule has 0 spiro atoms. The molecular weight excluding hydrogens is 406 g/mol. The van der Waals surface area contributed by atoms with Crippen molar-refractivity contribution in [2.24, 2.45) is 0 Å². The quantitative estimate of drug-likeness (QED) is 0.456. The summed E-state index contributed by atoms with van der Waals surface area (Å²) in [6.45, 7) is 1.82. The first kappa shape index (κ1) is 17.1. The van der Waals surface area contributed by atoms with Crippen LogP contribution in [0.1, 0.15) is 12.5 Å². The van der Waals surface area contributed by atoms with Gasteiger partial charge in [-0.25, -0.2) is 8.49 Å². The SMILES string of the molecule is CC1(C=O)O[C@H](OS(C)(=O)=O)CN1[SH]1C=Cc2c(Br)cccc21. The van der Waals surface area contributed by atoms with E-state index in [2.05, 4.69) is 15.9 Å². The Morgan fingerprint density at radius 2 is 2.26 bits per heavy atom. The van der Waals surface area contributed by atoms with Crippen LogP contribution in [0.15, 0.2) is 33.0 Å². The molecule has 2 aliphatic rings. The Morgan fingerprint density at radius 3 is 2.91 bits per heavy atom. The molecule has 23 heavy (non-hydrogen) atoms. The summed E-state index contributed by atoms with van der Waals surface area (Å²) >= 11 is 2.57. The predicted octanol–water partition coefficient (Wildman–Crippen LogP) is 2.26. The molecule has 2 unspecified atom stereocenters. The van der Waals surface area contributed by atoms with E-state index in [9.17, 15) is 13.2 Å². The lowest BCUT2D eigenvalue weighted by molar-refractivity contribution is -0.149. The van der Waals surface area contributed by atoms with Crippen LogP contribution in [0.3, 0.4) is 0 Å². The summed E-state index contributed by atoms with van der Waals surface area (Å²) in [6.07, 6.45) is 2.66. The molecule has 126 valence electrons. The molecule has 0 amide bonds. The molecule has 6 nitrogen and oxygen atoms in total. The molecule has 2 heterocycles. The van der Waals surface area contributed by atoms with Crippen molar-refractivity contribution in [3.63, 3.8) is 0 Å². The summed E-state index contributed by atoms with van der Waals surface area (Å²) in [5.74, 6) is 0. The van der Waals surface area contributed by atoms with Gasteiger partial charge in [0, 0.05) is 14.9 Å². The van der Waals surface area contributed by atoms with Crippen molar-refractivity contribution in [3.8, 4) is 0 Å². The smallest absolute Gasteiger partial charge is 0.266 e. The monoisotopic (exact) mass is 421 g/mol. The largest absolute Gasteiger partial charge is 0.321 e. The molecule has 9 heteroatoms. The van der Waals surface area contributed by atoms with Crippen LogP contribution < -0.4 is 0 Å². The van der Waals surface area contributed by atoms with Crippen molar-refractivity contribution < 1.29 is 22.1 Å². The zero-order valence-corrected chi connectivity index (χ0v) is 15.8. The van der Waals surface area contributed by atoms with Crippen molar-refractivity contribution in [3.05, 3.63) is 33.6 Å². The summed E-state index contributed by atoms with van der Waals surface area (Å²) < 4.78 is 36.0. The number of rotatable bonds is 4. The molecule has 0 aliphatic carbocycles. The van der Waals surface area contributed by atoms with E-state index in [1.807, 2.05) is 34.0 Å². The third-order valence-electron chi connectivity index (χ3n) is 3.62. The Bertz CT molecular complexity index is 781. The molecule has 1 aromatic carbocycles. The first-order valence-corrected chi connectivity index (χ1v) is 10.8. The number of aldehydes is 1. The fourth-order valence-electron chi connectivity index (χ4n) is 2.65. The fraction of sp³-hybridized carbons (Fsp3) is 0.357. The fourth-order valence-corrected chi connectivity index (χ4v) is 6.17. The summed E-state index contributed by atoms with van der Waals surface area (Å²) in [7, 11) is -3.67. The number of nitrogens with zero attached hydrogens (tertiary/aromatic N) is 1. The van der Waals surface area contributed by atoms with E-state index in [1.54, 1.807) is 6.92 Å². The average molecular weight is 422 g/mol. The van der Waals surface area contributed by atoms with Gasteiger partial charge in [-0.1, -0.05) is 22.0 Å². The highest BCUT2D eigenvalue weighted by Crippen LogP contribution is 2.54. The Labute approximate surface area is 146 Å². The number of thiol groups is 1. The standard InChI is InChI=1S/C14H16BrNO5S2/c1-14(9-17)16(8-13(20-14)21-23(2,18)19)22-7-6-10-11(15)4-3-5-12(10)22/h3-7,9,13,22H,8H2,1-2H3/t13-,14?/m1/s1. The molecule has 0 aromatic heterocycles. The number of hydrogen-bond donors (Lipinski definition) is 1. The maximum absolute atomic E-state index is 11.6. The van der Waals surface area contributed by atoms with Crippen LogP contribution >= 0.6 is 27.0 Å². The third-order valence-corrected chi connectivity index (χ3v) is 7.28. The lowest BCUT2D eigenvalue weighted by Gasteiger charge is -2.35. The van der Waals surface area contributed by atoms with Gasteiger partial charge in [0.05, 0.1) is 12.8 Å². The van der Waals surface area contributed by atoms with Crippen molar-refractivity contribution >= 4 is 49.5 Å². The highest BCUT2D eigenvalue weighted by molar-refractivity contribution is 9.10. The number of fused-ring (bicyclic) bond motifs is 1. The van der Waals surface area contributed by atoms with Crippen molar-refractivity contribution in [2.45, 2.75) is 23.8 Å². The highest BCUT2D eigenvalue weighted by atomic mass is 79.9. The van der Waals surface area contributed by atoms with Gasteiger partial charge in [-0.2, -0.15) is 8.42 Å². The second-order valence-electron chi connectivity index (χ2n) is 5.44. The average Bonchev–Trinajstić information content (AvgIpc) is 3.00. The number of hydrogen-bond acceptors (Lipinski definition) is 6. The molecule has 0 saturated carbocycles. The van der Waals surface area contributed by atoms with Crippen molar-refractivity contribution in [1.29, 1.82) is 0 Å². The van der Waals surface area contributed by atoms with Gasteiger partial charge in [0.2, 0.25) is 0 Å². The van der Waals surface area contributed by atoms with E-state index in [-0.39, 0.29) is 6.54 Å². The molecular formula is C14H16BrNO5S2. The maximum atomic E-state index is 11.6. The van der Waals surface area contributed by atoms with E-state index >= 15 is 0 Å². The third kappa shape index (κ3) is 3.26. The minimum Gasteiger partial charge on any atom is -0.321 e. The van der Waals surface area contributed by atoms with Crippen molar-refractivity contribution in [2.75, 3.05) is 12.8 Å². The molecule has 3 rings (SSSR count). The van der Waals surface area contributed by atoms with Gasteiger partial charge in [0.25, 0.3) is 10.1 Å². The normalized spacial score (nSPS) is 32.1. The van der Waals surface area contributed by atoms with E-state index in [0.29, 0.717) is 6.29 Å². The van der Waals surface area contributed by atoms with Gasteiger partial charge < -0.3 is 4.74 Å². The first-order chi connectivity index (χ1) is 10.7. The Balaban J connectivity index is 1.92. The van der Waals surface area contributed by atoms with E-state index < -0.39 is 33.2 Å². The molecule has 3 atom stereocenters.